The molecule has 106 valence electrons. The molecule has 1 N–H and O–H groups in total. The van der Waals surface area contributed by atoms with Crippen molar-refractivity contribution in [1.82, 2.24) is 9.80 Å². The second-order valence-corrected chi connectivity index (χ2v) is 5.21. The molecule has 1 aliphatic heterocycles. The Kier molecular flexibility index (Phi) is 4.03. The average Bonchev–Trinajstić information content (AvgIpc) is 2.60. The number of rotatable bonds is 3. The zero-order chi connectivity index (χ0) is 14.9. The summed E-state index contributed by atoms with van der Waals surface area (Å²) in [5, 5.41) is 2.32. The van der Waals surface area contributed by atoms with Gasteiger partial charge in [-0.3, -0.25) is 14.5 Å². The molecule has 0 aromatic heterocycles. The lowest BCUT2D eigenvalue weighted by Gasteiger charge is -2.14. The van der Waals surface area contributed by atoms with Gasteiger partial charge in [-0.25, -0.2) is 9.18 Å². The van der Waals surface area contributed by atoms with Crippen molar-refractivity contribution in [3.05, 3.63) is 28.5 Å². The second-order valence-electron chi connectivity index (χ2n) is 4.29. The first kappa shape index (κ1) is 14.4. The van der Waals surface area contributed by atoms with Gasteiger partial charge in [0.25, 0.3) is 5.91 Å². The Morgan fingerprint density at radius 1 is 1.45 bits per heavy atom. The van der Waals surface area contributed by atoms with Crippen molar-refractivity contribution < 1.29 is 18.8 Å². The smallest absolute Gasteiger partial charge is 0.322 e. The Morgan fingerprint density at radius 3 is 2.70 bits per heavy atom. The predicted molar refractivity (Wildman–Crippen MR) is 72.5 cm³/mol. The number of anilines is 1. The highest BCUT2D eigenvalue weighted by atomic mass is 79.9. The van der Waals surface area contributed by atoms with Crippen molar-refractivity contribution in [2.45, 2.75) is 0 Å². The molecule has 0 spiro atoms. The number of urea groups is 1. The van der Waals surface area contributed by atoms with Crippen LogP contribution >= 0.6 is 15.9 Å². The number of amides is 4. The summed E-state index contributed by atoms with van der Waals surface area (Å²) in [5.74, 6) is -1.70. The molecular formula is C12H11BrFN3O3. The number of likely N-dealkylation sites (N-methyl/N-ethyl adjacent to an activating group) is 1. The number of carbonyl (C=O) groups excluding carboxylic acids is 3. The maximum absolute atomic E-state index is 13.5. The number of hydrogen-bond acceptors (Lipinski definition) is 3. The molecule has 6 nitrogen and oxygen atoms in total. The third kappa shape index (κ3) is 2.96. The van der Waals surface area contributed by atoms with Crippen LogP contribution in [0.3, 0.4) is 0 Å². The predicted octanol–water partition coefficient (Wildman–Crippen LogP) is 1.42. The van der Waals surface area contributed by atoms with Crippen LogP contribution in [0.15, 0.2) is 22.7 Å². The Bertz CT molecular complexity index is 593. The summed E-state index contributed by atoms with van der Waals surface area (Å²) >= 11 is 3.10. The van der Waals surface area contributed by atoms with E-state index in [-0.39, 0.29) is 12.2 Å². The molecule has 0 unspecified atom stereocenters. The highest BCUT2D eigenvalue weighted by Gasteiger charge is 2.34. The van der Waals surface area contributed by atoms with E-state index in [2.05, 4.69) is 21.2 Å². The maximum atomic E-state index is 13.5. The number of hydrogen-bond donors (Lipinski definition) is 1. The van der Waals surface area contributed by atoms with Crippen LogP contribution in [0.25, 0.3) is 0 Å². The molecule has 8 heteroatoms. The molecule has 0 atom stereocenters. The van der Waals surface area contributed by atoms with Crippen LogP contribution in [0.1, 0.15) is 0 Å². The number of nitrogens with zero attached hydrogens (tertiary/aromatic N) is 2. The Labute approximate surface area is 122 Å². The lowest BCUT2D eigenvalue weighted by molar-refractivity contribution is -0.129. The summed E-state index contributed by atoms with van der Waals surface area (Å²) in [6.07, 6.45) is 0. The molecule has 1 fully saturated rings. The van der Waals surface area contributed by atoms with Crippen molar-refractivity contribution in [3.8, 4) is 0 Å². The van der Waals surface area contributed by atoms with Crippen LogP contribution in [-0.2, 0) is 9.59 Å². The number of carbonyl (C=O) groups is 3. The fraction of sp³-hybridized carbons (Fsp3) is 0.250. The highest BCUT2D eigenvalue weighted by Crippen LogP contribution is 2.19. The third-order valence-electron chi connectivity index (χ3n) is 2.74. The van der Waals surface area contributed by atoms with Crippen LogP contribution in [0.5, 0.6) is 0 Å². The number of imide groups is 1. The number of benzene rings is 1. The molecule has 0 bridgehead atoms. The SMILES string of the molecule is CN1CC(=O)N(CC(=O)Nc2ccc(Br)cc2F)C1=O. The van der Waals surface area contributed by atoms with E-state index in [0.29, 0.717) is 4.47 Å². The first-order valence-corrected chi connectivity index (χ1v) is 6.48. The minimum Gasteiger partial charge on any atom is -0.322 e. The van der Waals surface area contributed by atoms with Crippen LogP contribution in [0, 0.1) is 5.82 Å². The van der Waals surface area contributed by atoms with Crippen molar-refractivity contribution >= 4 is 39.5 Å². The van der Waals surface area contributed by atoms with Crippen LogP contribution < -0.4 is 5.32 Å². The van der Waals surface area contributed by atoms with E-state index in [1.165, 1.54) is 24.1 Å². The van der Waals surface area contributed by atoms with E-state index in [0.717, 1.165) is 4.90 Å². The third-order valence-corrected chi connectivity index (χ3v) is 3.23. The van der Waals surface area contributed by atoms with Gasteiger partial charge in [-0.1, -0.05) is 15.9 Å². The van der Waals surface area contributed by atoms with E-state index < -0.39 is 30.2 Å². The minimum atomic E-state index is -0.636. The molecular weight excluding hydrogens is 333 g/mol. The van der Waals surface area contributed by atoms with E-state index in [1.54, 1.807) is 6.07 Å². The van der Waals surface area contributed by atoms with Gasteiger partial charge >= 0.3 is 6.03 Å². The van der Waals surface area contributed by atoms with Gasteiger partial charge in [-0.15, -0.1) is 0 Å². The average molecular weight is 344 g/mol. The van der Waals surface area contributed by atoms with Crippen molar-refractivity contribution in [3.63, 3.8) is 0 Å². The van der Waals surface area contributed by atoms with Gasteiger partial charge in [0.2, 0.25) is 5.91 Å². The van der Waals surface area contributed by atoms with E-state index in [1.807, 2.05) is 0 Å². The summed E-state index contributed by atoms with van der Waals surface area (Å²) in [6, 6.07) is 3.62. The molecule has 1 aromatic rings. The zero-order valence-electron chi connectivity index (χ0n) is 10.5. The molecule has 2 rings (SSSR count). The molecule has 1 saturated heterocycles. The fourth-order valence-electron chi connectivity index (χ4n) is 1.75. The van der Waals surface area contributed by atoms with Gasteiger partial charge in [0.1, 0.15) is 18.9 Å². The normalized spacial score (nSPS) is 14.9. The van der Waals surface area contributed by atoms with Gasteiger partial charge in [0.15, 0.2) is 0 Å². The first-order valence-electron chi connectivity index (χ1n) is 5.69. The van der Waals surface area contributed by atoms with E-state index in [4.69, 9.17) is 0 Å². The van der Waals surface area contributed by atoms with Crippen molar-refractivity contribution in [2.75, 3.05) is 25.5 Å². The van der Waals surface area contributed by atoms with Crippen LogP contribution in [0.2, 0.25) is 0 Å². The summed E-state index contributed by atoms with van der Waals surface area (Å²) < 4.78 is 14.1. The quantitative estimate of drug-likeness (QED) is 0.844. The fourth-order valence-corrected chi connectivity index (χ4v) is 2.08. The molecule has 20 heavy (non-hydrogen) atoms. The molecule has 1 aromatic carbocycles. The van der Waals surface area contributed by atoms with Gasteiger partial charge in [-0.05, 0) is 18.2 Å². The first-order chi connectivity index (χ1) is 9.38. The maximum Gasteiger partial charge on any atom is 0.327 e. The topological polar surface area (TPSA) is 69.7 Å². The lowest BCUT2D eigenvalue weighted by atomic mass is 10.3. The summed E-state index contributed by atoms with van der Waals surface area (Å²) in [4.78, 5) is 36.9. The molecule has 4 amide bonds. The van der Waals surface area contributed by atoms with Gasteiger partial charge < -0.3 is 10.2 Å². The molecule has 0 saturated carbocycles. The monoisotopic (exact) mass is 343 g/mol. The van der Waals surface area contributed by atoms with E-state index in [9.17, 15) is 18.8 Å². The molecule has 0 aliphatic carbocycles. The Morgan fingerprint density at radius 2 is 2.15 bits per heavy atom. The second kappa shape index (κ2) is 5.58. The van der Waals surface area contributed by atoms with Crippen molar-refractivity contribution in [2.24, 2.45) is 0 Å². The van der Waals surface area contributed by atoms with Crippen molar-refractivity contribution in [1.29, 1.82) is 0 Å². The Balaban J connectivity index is 2.03. The lowest BCUT2D eigenvalue weighted by Crippen LogP contribution is -2.38. The van der Waals surface area contributed by atoms with Gasteiger partial charge in [-0.2, -0.15) is 0 Å². The summed E-state index contributed by atoms with van der Waals surface area (Å²) in [5.41, 5.74) is -0.00866. The number of nitrogens with one attached hydrogen (secondary N) is 1. The molecule has 1 heterocycles. The summed E-state index contributed by atoms with van der Waals surface area (Å²) in [7, 11) is 1.46. The molecule has 1 aliphatic rings. The minimum absolute atomic E-state index is 0.00866. The highest BCUT2D eigenvalue weighted by molar-refractivity contribution is 9.10. The summed E-state index contributed by atoms with van der Waals surface area (Å²) in [6.45, 7) is -0.490. The van der Waals surface area contributed by atoms with Gasteiger partial charge in [0, 0.05) is 11.5 Å². The zero-order valence-corrected chi connectivity index (χ0v) is 12.1. The van der Waals surface area contributed by atoms with Gasteiger partial charge in [0.05, 0.1) is 5.69 Å². The standard InChI is InChI=1S/C12H11BrFN3O3/c1-16-6-11(19)17(12(16)20)5-10(18)15-9-3-2-7(13)4-8(9)14/h2-4H,5-6H2,1H3,(H,15,18). The van der Waals surface area contributed by atoms with Crippen LogP contribution in [0.4, 0.5) is 14.9 Å². The van der Waals surface area contributed by atoms with Crippen LogP contribution in [-0.4, -0.2) is 47.8 Å². The largest absolute Gasteiger partial charge is 0.327 e. The number of halogens is 2. The molecule has 0 radical (unpaired) electrons. The van der Waals surface area contributed by atoms with E-state index >= 15 is 0 Å². The Hall–Kier alpha value is -1.96.